The fraction of sp³-hybridized carbons (Fsp3) is 0.280. The average Bonchev–Trinajstić information content (AvgIpc) is 2.79. The van der Waals surface area contributed by atoms with Crippen molar-refractivity contribution in [2.24, 2.45) is 0 Å². The third-order valence-corrected chi connectivity index (χ3v) is 5.83. The van der Waals surface area contributed by atoms with Crippen molar-refractivity contribution in [2.45, 2.75) is 39.3 Å². The van der Waals surface area contributed by atoms with Crippen LogP contribution in [-0.2, 0) is 16.1 Å². The molecule has 3 N–H and O–H groups in total. The number of pyridine rings is 1. The van der Waals surface area contributed by atoms with Crippen LogP contribution in [0.15, 0.2) is 42.5 Å². The van der Waals surface area contributed by atoms with Crippen molar-refractivity contribution in [3.63, 3.8) is 0 Å². The van der Waals surface area contributed by atoms with Crippen LogP contribution in [0.2, 0.25) is 5.02 Å². The van der Waals surface area contributed by atoms with Crippen molar-refractivity contribution in [3.8, 4) is 0 Å². The number of carbonyl (C=O) groups is 3. The molecule has 0 aliphatic heterocycles. The lowest BCUT2D eigenvalue weighted by Gasteiger charge is -2.24. The van der Waals surface area contributed by atoms with E-state index in [1.165, 1.54) is 12.1 Å². The van der Waals surface area contributed by atoms with Crippen LogP contribution in [0.3, 0.4) is 0 Å². The lowest BCUT2D eigenvalue weighted by Crippen LogP contribution is -2.41. The zero-order valence-corrected chi connectivity index (χ0v) is 20.0. The first-order chi connectivity index (χ1) is 16.6. The second-order valence-corrected chi connectivity index (χ2v) is 8.48. The number of halogens is 2. The monoisotopic (exact) mass is 501 g/mol. The summed E-state index contributed by atoms with van der Waals surface area (Å²) in [5.41, 5.74) is 2.76. The van der Waals surface area contributed by atoms with Crippen LogP contribution in [0.1, 0.15) is 41.4 Å². The fourth-order valence-electron chi connectivity index (χ4n) is 3.71. The van der Waals surface area contributed by atoms with E-state index in [1.807, 2.05) is 36.9 Å². The van der Waals surface area contributed by atoms with E-state index in [1.54, 1.807) is 12.1 Å². The number of aliphatic carboxylic acids is 2. The predicted molar refractivity (Wildman–Crippen MR) is 130 cm³/mol. The second-order valence-electron chi connectivity index (χ2n) is 8.07. The third kappa shape index (κ3) is 6.45. The van der Waals surface area contributed by atoms with Crippen molar-refractivity contribution >= 4 is 46.0 Å². The molecule has 3 aromatic rings. The van der Waals surface area contributed by atoms with Gasteiger partial charge in [0.15, 0.2) is 0 Å². The number of nitrogens with one attached hydrogen (secondary N) is 1. The van der Waals surface area contributed by atoms with Crippen LogP contribution in [0.5, 0.6) is 0 Å². The van der Waals surface area contributed by atoms with Gasteiger partial charge in [0.05, 0.1) is 16.1 Å². The first-order valence-corrected chi connectivity index (χ1v) is 11.3. The highest BCUT2D eigenvalue weighted by Crippen LogP contribution is 2.26. The molecule has 1 heterocycles. The van der Waals surface area contributed by atoms with E-state index in [9.17, 15) is 23.9 Å². The number of aryl methyl sites for hydroxylation is 1. The highest BCUT2D eigenvalue weighted by molar-refractivity contribution is 6.35. The first kappa shape index (κ1) is 25.9. The number of carboxylic acids is 2. The van der Waals surface area contributed by atoms with Gasteiger partial charge < -0.3 is 20.4 Å². The molecule has 0 aliphatic carbocycles. The van der Waals surface area contributed by atoms with E-state index in [0.29, 0.717) is 23.8 Å². The number of hydrogen-bond acceptors (Lipinski definition) is 5. The number of carboxylic acid groups (broad SMARTS) is 2. The number of aromatic nitrogens is 1. The van der Waals surface area contributed by atoms with Crippen molar-refractivity contribution in [1.82, 2.24) is 10.3 Å². The standard InChI is InChI=1S/C25H25ClFN3O5/c1-3-30(13-15-4-7-21-18(11-15)19(26)10-14(2)28-21)16-5-6-17(20(27)12-16)24(33)29-22(25(34)35)8-9-23(31)32/h4-7,10-12,22H,3,8-9,13H2,1-2H3,(H,29,33)(H,31,32)(H,34,35)/t22-/m0/s1. The summed E-state index contributed by atoms with van der Waals surface area (Å²) in [6.45, 7) is 4.79. The minimum atomic E-state index is -1.44. The number of carbonyl (C=O) groups excluding carboxylic acids is 1. The number of amides is 1. The van der Waals surface area contributed by atoms with Crippen LogP contribution < -0.4 is 10.2 Å². The van der Waals surface area contributed by atoms with E-state index >= 15 is 0 Å². The van der Waals surface area contributed by atoms with Gasteiger partial charge in [-0.3, -0.25) is 14.6 Å². The largest absolute Gasteiger partial charge is 0.481 e. The summed E-state index contributed by atoms with van der Waals surface area (Å²) >= 11 is 6.37. The third-order valence-electron chi connectivity index (χ3n) is 5.52. The Morgan fingerprint density at radius 1 is 1.14 bits per heavy atom. The molecule has 35 heavy (non-hydrogen) atoms. The van der Waals surface area contributed by atoms with Gasteiger partial charge in [0, 0.05) is 36.3 Å². The quantitative estimate of drug-likeness (QED) is 0.376. The Labute approximate surface area is 206 Å². The summed E-state index contributed by atoms with van der Waals surface area (Å²) in [5.74, 6) is -4.33. The van der Waals surface area contributed by atoms with Crippen LogP contribution in [0, 0.1) is 12.7 Å². The van der Waals surface area contributed by atoms with Gasteiger partial charge in [-0.1, -0.05) is 17.7 Å². The molecule has 3 rings (SSSR count). The number of fused-ring (bicyclic) bond motifs is 1. The molecule has 1 atom stereocenters. The number of hydrogen-bond donors (Lipinski definition) is 3. The molecule has 1 aromatic heterocycles. The highest BCUT2D eigenvalue weighted by atomic mass is 35.5. The van der Waals surface area contributed by atoms with Crippen molar-refractivity contribution in [2.75, 3.05) is 11.4 Å². The molecular weight excluding hydrogens is 477 g/mol. The van der Waals surface area contributed by atoms with Crippen LogP contribution in [-0.4, -0.2) is 45.6 Å². The summed E-state index contributed by atoms with van der Waals surface area (Å²) in [5, 5.41) is 21.6. The van der Waals surface area contributed by atoms with Crippen LogP contribution in [0.25, 0.3) is 10.9 Å². The molecule has 2 aromatic carbocycles. The van der Waals surface area contributed by atoms with Gasteiger partial charge in [-0.2, -0.15) is 0 Å². The van der Waals surface area contributed by atoms with Crippen molar-refractivity contribution in [3.05, 3.63) is 70.1 Å². The molecule has 0 aliphatic rings. The SMILES string of the molecule is CCN(Cc1ccc2nc(C)cc(Cl)c2c1)c1ccc(C(=O)N[C@@H](CCC(=O)O)C(=O)O)c(F)c1. The lowest BCUT2D eigenvalue weighted by molar-refractivity contribution is -0.140. The van der Waals surface area contributed by atoms with Gasteiger partial charge in [-0.05, 0) is 62.2 Å². The normalized spacial score (nSPS) is 11.8. The van der Waals surface area contributed by atoms with Crippen molar-refractivity contribution in [1.29, 1.82) is 0 Å². The number of anilines is 1. The Kier molecular flexibility index (Phi) is 8.24. The Bertz CT molecular complexity index is 1280. The maximum absolute atomic E-state index is 14.8. The summed E-state index contributed by atoms with van der Waals surface area (Å²) in [4.78, 5) is 40.9. The molecule has 10 heteroatoms. The van der Waals surface area contributed by atoms with E-state index in [0.717, 1.165) is 22.2 Å². The number of nitrogens with zero attached hydrogens (tertiary/aromatic N) is 2. The van der Waals surface area contributed by atoms with E-state index in [2.05, 4.69) is 10.3 Å². The van der Waals surface area contributed by atoms with Crippen LogP contribution in [0.4, 0.5) is 10.1 Å². The van der Waals surface area contributed by atoms with E-state index in [4.69, 9.17) is 16.7 Å². The average molecular weight is 502 g/mol. The maximum Gasteiger partial charge on any atom is 0.326 e. The van der Waals surface area contributed by atoms with Gasteiger partial charge >= 0.3 is 11.9 Å². The molecule has 1 amide bonds. The Morgan fingerprint density at radius 3 is 2.51 bits per heavy atom. The minimum Gasteiger partial charge on any atom is -0.481 e. The van der Waals surface area contributed by atoms with E-state index in [-0.39, 0.29) is 12.0 Å². The number of benzene rings is 2. The number of rotatable bonds is 10. The highest BCUT2D eigenvalue weighted by Gasteiger charge is 2.23. The summed E-state index contributed by atoms with van der Waals surface area (Å²) in [6, 6.07) is 10.2. The molecule has 0 saturated heterocycles. The first-order valence-electron chi connectivity index (χ1n) is 10.9. The molecule has 8 nitrogen and oxygen atoms in total. The second kappa shape index (κ2) is 11.1. The molecular formula is C25H25ClFN3O5. The molecule has 0 spiro atoms. The lowest BCUT2D eigenvalue weighted by atomic mass is 10.1. The molecule has 184 valence electrons. The van der Waals surface area contributed by atoms with Gasteiger partial charge in [0.2, 0.25) is 0 Å². The molecule has 0 fully saturated rings. The van der Waals surface area contributed by atoms with Gasteiger partial charge in [-0.25, -0.2) is 9.18 Å². The predicted octanol–water partition coefficient (Wildman–Crippen LogP) is 4.41. The van der Waals surface area contributed by atoms with Gasteiger partial charge in [0.25, 0.3) is 5.91 Å². The van der Waals surface area contributed by atoms with Crippen molar-refractivity contribution < 1.29 is 29.0 Å². The summed E-state index contributed by atoms with van der Waals surface area (Å²) < 4.78 is 14.8. The summed E-state index contributed by atoms with van der Waals surface area (Å²) in [7, 11) is 0. The topological polar surface area (TPSA) is 120 Å². The Morgan fingerprint density at radius 2 is 1.89 bits per heavy atom. The van der Waals surface area contributed by atoms with Gasteiger partial charge in [-0.15, -0.1) is 0 Å². The fourth-order valence-corrected chi connectivity index (χ4v) is 4.02. The zero-order valence-electron chi connectivity index (χ0n) is 19.2. The molecule has 0 unspecified atom stereocenters. The smallest absolute Gasteiger partial charge is 0.326 e. The van der Waals surface area contributed by atoms with Gasteiger partial charge in [0.1, 0.15) is 11.9 Å². The van der Waals surface area contributed by atoms with Crippen LogP contribution >= 0.6 is 11.6 Å². The maximum atomic E-state index is 14.8. The van der Waals surface area contributed by atoms with E-state index < -0.39 is 36.1 Å². The molecule has 0 radical (unpaired) electrons. The molecule has 0 saturated carbocycles. The minimum absolute atomic E-state index is 0.315. The Balaban J connectivity index is 1.78. The summed E-state index contributed by atoms with van der Waals surface area (Å²) in [6.07, 6.45) is -0.760. The Hall–Kier alpha value is -3.72. The zero-order chi connectivity index (χ0) is 25.7. The molecule has 0 bridgehead atoms.